The summed E-state index contributed by atoms with van der Waals surface area (Å²) in [6, 6.07) is 0. The van der Waals surface area contributed by atoms with Crippen molar-refractivity contribution in [3.8, 4) is 0 Å². The van der Waals surface area contributed by atoms with E-state index in [1.54, 1.807) is 0 Å². The maximum Gasteiger partial charge on any atom is 0.397 e. The predicted molar refractivity (Wildman–Crippen MR) is 161 cm³/mol. The quantitative estimate of drug-likeness (QED) is 0.0391. The topological polar surface area (TPSA) is 568 Å². The summed E-state index contributed by atoms with van der Waals surface area (Å²) in [4.78, 5) is 0. The summed E-state index contributed by atoms with van der Waals surface area (Å²) in [5.41, 5.74) is 0. The van der Waals surface area contributed by atoms with Gasteiger partial charge in [-0.05, 0) is 0 Å². The van der Waals surface area contributed by atoms with E-state index in [1.165, 1.54) is 0 Å². The van der Waals surface area contributed by atoms with Crippen molar-refractivity contribution in [1.29, 1.82) is 0 Å². The molecule has 0 amide bonds. The summed E-state index contributed by atoms with van der Waals surface area (Å²) >= 11 is 0. The van der Waals surface area contributed by atoms with Gasteiger partial charge in [-0.3, -0.25) is 36.4 Å². The monoisotopic (exact) mass is 1040 g/mol. The van der Waals surface area contributed by atoms with E-state index in [1.807, 2.05) is 0 Å². The second kappa shape index (κ2) is 20.3. The van der Waals surface area contributed by atoms with Crippen molar-refractivity contribution in [1.82, 2.24) is 0 Å². The van der Waals surface area contributed by atoms with E-state index in [2.05, 4.69) is 33.5 Å². The zero-order chi connectivity index (χ0) is 43.0. The van der Waals surface area contributed by atoms with Crippen LogP contribution in [0.25, 0.3) is 0 Å². The van der Waals surface area contributed by atoms with E-state index in [9.17, 15) is 94.7 Å². The van der Waals surface area contributed by atoms with Crippen LogP contribution in [0.1, 0.15) is 0 Å². The van der Waals surface area contributed by atoms with Crippen molar-refractivity contribution in [2.75, 3.05) is 19.8 Å². The van der Waals surface area contributed by atoms with E-state index in [4.69, 9.17) is 23.3 Å². The first kappa shape index (κ1) is 57.4. The Kier molecular flexibility index (Phi) is 20.5. The van der Waals surface area contributed by atoms with Crippen LogP contribution in [0.15, 0.2) is 0 Å². The maximum absolute atomic E-state index is 11.9. The van der Waals surface area contributed by atoms with Crippen LogP contribution in [0.4, 0.5) is 0 Å². The molecule has 0 unspecified atom stereocenters. The molecule has 2 heterocycles. The molecule has 36 nitrogen and oxygen atoms in total. The van der Waals surface area contributed by atoms with E-state index in [-0.39, 0.29) is 56.9 Å². The Morgan fingerprint density at radius 2 is 0.789 bits per heavy atom. The Balaban J connectivity index is 0.0000157. The molecule has 1 radical (unpaired) electrons. The van der Waals surface area contributed by atoms with E-state index < -0.39 is 158 Å². The Hall–Kier alpha value is 0.436. The van der Waals surface area contributed by atoms with Crippen LogP contribution in [0, 0.1) is 0 Å². The fourth-order valence-corrected chi connectivity index (χ4v) is 7.68. The molecule has 2 saturated heterocycles. The standard InChI is InChI=1S/C12H22O35S8.K.H2O/c13-48(14,15)37-1-4-6(43-51(22,23)24)8(45-53(28,29)30)9(46-54(31,32)33)11(40-4)42-12(3-39-50(19,20)21)10(47-55(34,35)36)7(44-52(25,26)27)5(41-12)2-38-49(16,17)18;;/h4-11H,1-3H2,(H,13,14,15)(H,16,17,18)(H,19,20,21)(H,22,23,24)(H,25,26,27)(H,28,29,30)(H,31,32,33)(H,34,35,36);;1H2/t4-,5-,6-,7-,8+,9-,10+,11-,12+;;/m1../s1. The van der Waals surface area contributed by atoms with Gasteiger partial charge in [0.25, 0.3) is 0 Å². The number of hydrogen-bond acceptors (Lipinski definition) is 27. The third kappa shape index (κ3) is 21.4. The Bertz CT molecular complexity index is 2280. The average Bonchev–Trinajstić information content (AvgIpc) is 3.15. The summed E-state index contributed by atoms with van der Waals surface area (Å²) in [7, 11) is -48.3. The van der Waals surface area contributed by atoms with Gasteiger partial charge in [-0.2, -0.15) is 67.3 Å². The molecule has 45 heteroatoms. The molecule has 0 aromatic rings. The summed E-state index contributed by atoms with van der Waals surface area (Å²) in [6.45, 7) is -6.25. The Morgan fingerprint density at radius 1 is 0.439 bits per heavy atom. The van der Waals surface area contributed by atoms with Crippen LogP contribution in [0.5, 0.6) is 0 Å². The first-order valence-electron chi connectivity index (χ1n) is 12.3. The third-order valence-electron chi connectivity index (χ3n) is 5.68. The normalized spacial score (nSPS) is 29.6. The molecule has 2 aliphatic rings. The Labute approximate surface area is 362 Å². The van der Waals surface area contributed by atoms with E-state index in [0.29, 0.717) is 0 Å². The molecule has 0 aromatic heterocycles. The number of hydrogen-bond donors (Lipinski definition) is 8. The molecule has 10 N–H and O–H groups in total. The third-order valence-corrected chi connectivity index (χ3v) is 9.28. The first-order valence-corrected chi connectivity index (χ1v) is 23.2. The fraction of sp³-hybridized carbons (Fsp3) is 1.00. The maximum atomic E-state index is 11.9. The summed E-state index contributed by atoms with van der Waals surface area (Å²) in [6.07, 6.45) is -26.0. The second-order valence-electron chi connectivity index (χ2n) is 9.64. The predicted octanol–water partition coefficient (Wildman–Crippen LogP) is -7.98. The molecular weight excluding hydrogens is 1020 g/mol. The molecule has 9 atom stereocenters. The minimum absolute atomic E-state index is 0. The van der Waals surface area contributed by atoms with Gasteiger partial charge < -0.3 is 19.7 Å². The minimum atomic E-state index is -6.24. The van der Waals surface area contributed by atoms with Crippen LogP contribution < -0.4 is 0 Å². The summed E-state index contributed by atoms with van der Waals surface area (Å²) < 4.78 is 307. The zero-order valence-electron chi connectivity index (χ0n) is 26.6. The van der Waals surface area contributed by atoms with Gasteiger partial charge in [-0.15, -0.1) is 0 Å². The van der Waals surface area contributed by atoms with Crippen molar-refractivity contribution in [2.45, 2.75) is 54.8 Å². The molecule has 0 aromatic carbocycles. The summed E-state index contributed by atoms with van der Waals surface area (Å²) in [5.74, 6) is -4.12. The molecule has 2 fully saturated rings. The molecular formula is C12H24KO36S8. The van der Waals surface area contributed by atoms with Crippen LogP contribution in [0.3, 0.4) is 0 Å². The van der Waals surface area contributed by atoms with Gasteiger partial charge in [0.1, 0.15) is 37.1 Å². The number of rotatable bonds is 21. The van der Waals surface area contributed by atoms with Gasteiger partial charge >= 0.3 is 83.2 Å². The average molecular weight is 1040 g/mol. The molecule has 2 rings (SSSR count). The van der Waals surface area contributed by atoms with Crippen molar-refractivity contribution in [3.63, 3.8) is 0 Å². The van der Waals surface area contributed by atoms with Crippen molar-refractivity contribution < 1.29 is 157 Å². The van der Waals surface area contributed by atoms with Gasteiger partial charge in [-0.25, -0.2) is 33.5 Å². The molecule has 0 bridgehead atoms. The summed E-state index contributed by atoms with van der Waals surface area (Å²) in [5, 5.41) is 0. The van der Waals surface area contributed by atoms with E-state index >= 15 is 0 Å². The van der Waals surface area contributed by atoms with Gasteiger partial charge in [0.15, 0.2) is 18.5 Å². The molecule has 337 valence electrons. The fourth-order valence-electron chi connectivity index (χ4n) is 4.24. The van der Waals surface area contributed by atoms with Gasteiger partial charge in [0.2, 0.25) is 5.79 Å². The van der Waals surface area contributed by atoms with Crippen LogP contribution in [-0.2, 0) is 131 Å². The SMILES string of the molecule is O.O=S(=O)(O)OC[C@H]1O[C@@](COS(=O)(=O)O)(O[C@H]2O[C@H](COS(=O)(=O)O)[C@@H](OS(=O)(=O)O)[C@H](OS(=O)(=O)O)[C@H]2OS(=O)(=O)O)[C@@H](OS(=O)(=O)O)[C@@H]1OS(=O)(=O)O.[K]. The number of ether oxygens (including phenoxy) is 3. The van der Waals surface area contributed by atoms with Crippen LogP contribution in [0.2, 0.25) is 0 Å². The van der Waals surface area contributed by atoms with Gasteiger partial charge in [0, 0.05) is 51.4 Å². The van der Waals surface area contributed by atoms with Gasteiger partial charge in [0.05, 0.1) is 13.2 Å². The Morgan fingerprint density at radius 3 is 1.18 bits per heavy atom. The second-order valence-corrected chi connectivity index (χ2v) is 18.2. The molecule has 0 saturated carbocycles. The van der Waals surface area contributed by atoms with Crippen molar-refractivity contribution in [2.24, 2.45) is 0 Å². The van der Waals surface area contributed by atoms with E-state index in [0.717, 1.165) is 0 Å². The smallest absolute Gasteiger partial charge is 0.397 e. The first-order chi connectivity index (χ1) is 24.2. The largest absolute Gasteiger partial charge is 0.412 e. The zero-order valence-corrected chi connectivity index (χ0v) is 36.3. The molecule has 2 aliphatic heterocycles. The van der Waals surface area contributed by atoms with Crippen molar-refractivity contribution in [3.05, 3.63) is 0 Å². The van der Waals surface area contributed by atoms with Crippen LogP contribution >= 0.6 is 0 Å². The van der Waals surface area contributed by atoms with Gasteiger partial charge in [-0.1, -0.05) is 0 Å². The van der Waals surface area contributed by atoms with Crippen molar-refractivity contribution >= 4 is 135 Å². The molecule has 0 aliphatic carbocycles. The minimum Gasteiger partial charge on any atom is -0.412 e. The molecule has 57 heavy (non-hydrogen) atoms. The van der Waals surface area contributed by atoms with Crippen LogP contribution in [-0.4, -0.2) is 235 Å². The molecule has 0 spiro atoms.